The van der Waals surface area contributed by atoms with Crippen molar-refractivity contribution >= 4 is 5.69 Å². The van der Waals surface area contributed by atoms with Crippen LogP contribution in [0, 0.1) is 0 Å². The Kier molecular flexibility index (Phi) is 5.02. The highest BCUT2D eigenvalue weighted by Gasteiger charge is 2.14. The lowest BCUT2D eigenvalue weighted by molar-refractivity contribution is 0.156. The summed E-state index contributed by atoms with van der Waals surface area (Å²) in [5.41, 5.74) is 1.70. The molecular weight excluding hydrogens is 236 g/mol. The molecule has 1 aromatic heterocycles. The summed E-state index contributed by atoms with van der Waals surface area (Å²) in [6.45, 7) is 6.52. The van der Waals surface area contributed by atoms with Gasteiger partial charge < -0.3 is 10.2 Å². The third kappa shape index (κ3) is 4.96. The zero-order valence-electron chi connectivity index (χ0n) is 11.4. The molecule has 3 nitrogen and oxygen atoms in total. The first kappa shape index (κ1) is 14.8. The second kappa shape index (κ2) is 6.09. The number of nitrogens with one attached hydrogen (secondary N) is 1. The summed E-state index contributed by atoms with van der Waals surface area (Å²) in [7, 11) is 1.67. The van der Waals surface area contributed by atoms with Gasteiger partial charge in [-0.15, -0.1) is 0 Å². The molecule has 0 aliphatic heterocycles. The fourth-order valence-corrected chi connectivity index (χ4v) is 1.59. The van der Waals surface area contributed by atoms with E-state index in [-0.39, 0.29) is 12.1 Å². The molecule has 102 valence electrons. The van der Waals surface area contributed by atoms with Crippen molar-refractivity contribution in [3.63, 3.8) is 0 Å². The van der Waals surface area contributed by atoms with Crippen molar-refractivity contribution in [3.05, 3.63) is 24.0 Å². The highest BCUT2D eigenvalue weighted by molar-refractivity contribution is 5.51. The molecule has 0 aliphatic rings. The van der Waals surface area contributed by atoms with E-state index in [1.54, 1.807) is 30.4 Å². The van der Waals surface area contributed by atoms with Gasteiger partial charge in [-0.05, 0) is 26.8 Å². The molecule has 5 heteroatoms. The zero-order valence-corrected chi connectivity index (χ0v) is 11.4. The summed E-state index contributed by atoms with van der Waals surface area (Å²) in [5.74, 6) is 0. The van der Waals surface area contributed by atoms with Crippen LogP contribution < -0.4 is 10.2 Å². The third-order valence-electron chi connectivity index (χ3n) is 2.51. The second-order valence-corrected chi connectivity index (χ2v) is 5.38. The number of hydrogen-bond donors (Lipinski definition) is 1. The van der Waals surface area contributed by atoms with Crippen LogP contribution in [0.2, 0.25) is 0 Å². The molecule has 0 radical (unpaired) electrons. The lowest BCUT2D eigenvalue weighted by Crippen LogP contribution is -2.36. The predicted octanol–water partition coefficient (Wildman–Crippen LogP) is 2.67. The Labute approximate surface area is 107 Å². The van der Waals surface area contributed by atoms with Gasteiger partial charge in [-0.1, -0.05) is 0 Å². The second-order valence-electron chi connectivity index (χ2n) is 5.38. The molecular formula is C13H21F2N3. The highest BCUT2D eigenvalue weighted by atomic mass is 19.3. The molecule has 0 fully saturated rings. The summed E-state index contributed by atoms with van der Waals surface area (Å²) < 4.78 is 24.8. The summed E-state index contributed by atoms with van der Waals surface area (Å²) in [6, 6.07) is 1.77. The SMILES string of the molecule is CN(CC(F)F)c1ccncc1CNC(C)(C)C. The Bertz CT molecular complexity index is 375. The Balaban J connectivity index is 2.79. The molecule has 0 spiro atoms. The summed E-state index contributed by atoms with van der Waals surface area (Å²) in [4.78, 5) is 5.61. The van der Waals surface area contributed by atoms with E-state index < -0.39 is 6.43 Å². The van der Waals surface area contributed by atoms with Crippen LogP contribution in [0.25, 0.3) is 0 Å². The van der Waals surface area contributed by atoms with Gasteiger partial charge in [0.2, 0.25) is 0 Å². The van der Waals surface area contributed by atoms with Crippen LogP contribution in [0.15, 0.2) is 18.5 Å². The largest absolute Gasteiger partial charge is 0.369 e. The fourth-order valence-electron chi connectivity index (χ4n) is 1.59. The van der Waals surface area contributed by atoms with Crippen molar-refractivity contribution in [1.29, 1.82) is 0 Å². The standard InChI is InChI=1S/C13H21F2N3/c1-13(2,3)17-8-10-7-16-6-5-11(10)18(4)9-12(14)15/h5-7,12,17H,8-9H2,1-4H3. The topological polar surface area (TPSA) is 28.2 Å². The smallest absolute Gasteiger partial charge is 0.255 e. The number of alkyl halides is 2. The first-order valence-electron chi connectivity index (χ1n) is 5.97. The van der Waals surface area contributed by atoms with Crippen LogP contribution in [0.1, 0.15) is 26.3 Å². The molecule has 1 heterocycles. The number of hydrogen-bond acceptors (Lipinski definition) is 3. The van der Waals surface area contributed by atoms with Gasteiger partial charge in [-0.2, -0.15) is 0 Å². The monoisotopic (exact) mass is 257 g/mol. The molecule has 0 atom stereocenters. The van der Waals surface area contributed by atoms with E-state index in [0.29, 0.717) is 6.54 Å². The van der Waals surface area contributed by atoms with Gasteiger partial charge in [0.1, 0.15) is 0 Å². The number of rotatable bonds is 5. The highest BCUT2D eigenvalue weighted by Crippen LogP contribution is 2.19. The minimum atomic E-state index is -2.34. The summed E-state index contributed by atoms with van der Waals surface area (Å²) in [5, 5.41) is 3.33. The maximum absolute atomic E-state index is 12.4. The van der Waals surface area contributed by atoms with Gasteiger partial charge in [-0.3, -0.25) is 4.98 Å². The van der Waals surface area contributed by atoms with Gasteiger partial charge >= 0.3 is 0 Å². The molecule has 0 saturated carbocycles. The predicted molar refractivity (Wildman–Crippen MR) is 70.1 cm³/mol. The van der Waals surface area contributed by atoms with Crippen LogP contribution in [0.4, 0.5) is 14.5 Å². The van der Waals surface area contributed by atoms with Gasteiger partial charge in [0.25, 0.3) is 6.43 Å². The molecule has 1 N–H and O–H groups in total. The normalized spacial score (nSPS) is 11.9. The minimum Gasteiger partial charge on any atom is -0.369 e. The van der Waals surface area contributed by atoms with Gasteiger partial charge in [0, 0.05) is 42.8 Å². The van der Waals surface area contributed by atoms with Crippen LogP contribution >= 0.6 is 0 Å². The van der Waals surface area contributed by atoms with Crippen LogP contribution in [0.5, 0.6) is 0 Å². The molecule has 1 rings (SSSR count). The average molecular weight is 257 g/mol. The van der Waals surface area contributed by atoms with E-state index >= 15 is 0 Å². The molecule has 18 heavy (non-hydrogen) atoms. The van der Waals surface area contributed by atoms with Gasteiger partial charge in [-0.25, -0.2) is 8.78 Å². The van der Waals surface area contributed by atoms with Crippen molar-refractivity contribution < 1.29 is 8.78 Å². The average Bonchev–Trinajstić information content (AvgIpc) is 2.25. The molecule has 0 bridgehead atoms. The Morgan fingerprint density at radius 1 is 1.39 bits per heavy atom. The molecule has 0 saturated heterocycles. The van der Waals surface area contributed by atoms with Crippen molar-refractivity contribution in [2.24, 2.45) is 0 Å². The Morgan fingerprint density at radius 3 is 2.61 bits per heavy atom. The van der Waals surface area contributed by atoms with E-state index in [2.05, 4.69) is 31.1 Å². The van der Waals surface area contributed by atoms with Gasteiger partial charge in [0.05, 0.1) is 6.54 Å². The van der Waals surface area contributed by atoms with Gasteiger partial charge in [0.15, 0.2) is 0 Å². The molecule has 0 unspecified atom stereocenters. The maximum Gasteiger partial charge on any atom is 0.255 e. The summed E-state index contributed by atoms with van der Waals surface area (Å²) in [6.07, 6.45) is 1.00. The van der Waals surface area contributed by atoms with E-state index in [0.717, 1.165) is 11.3 Å². The molecule has 0 aliphatic carbocycles. The first-order valence-corrected chi connectivity index (χ1v) is 5.97. The van der Waals surface area contributed by atoms with Crippen molar-refractivity contribution in [2.75, 3.05) is 18.5 Å². The van der Waals surface area contributed by atoms with Crippen LogP contribution in [0.3, 0.4) is 0 Å². The number of aromatic nitrogens is 1. The van der Waals surface area contributed by atoms with E-state index in [1.807, 2.05) is 0 Å². The lowest BCUT2D eigenvalue weighted by atomic mass is 10.1. The molecule has 0 amide bonds. The summed E-state index contributed by atoms with van der Waals surface area (Å²) >= 11 is 0. The van der Waals surface area contributed by atoms with Crippen molar-refractivity contribution in [3.8, 4) is 0 Å². The Hall–Kier alpha value is -1.23. The van der Waals surface area contributed by atoms with Crippen molar-refractivity contribution in [1.82, 2.24) is 10.3 Å². The Morgan fingerprint density at radius 2 is 2.06 bits per heavy atom. The number of pyridine rings is 1. The van der Waals surface area contributed by atoms with Crippen molar-refractivity contribution in [2.45, 2.75) is 39.3 Å². The molecule has 0 aromatic carbocycles. The molecule has 1 aromatic rings. The number of anilines is 1. The van der Waals surface area contributed by atoms with E-state index in [1.165, 1.54) is 0 Å². The zero-order chi connectivity index (χ0) is 13.8. The number of nitrogens with zero attached hydrogens (tertiary/aromatic N) is 2. The maximum atomic E-state index is 12.4. The van der Waals surface area contributed by atoms with Crippen LogP contribution in [-0.4, -0.2) is 30.5 Å². The lowest BCUT2D eigenvalue weighted by Gasteiger charge is -2.25. The minimum absolute atomic E-state index is 0.0194. The number of halogens is 2. The van der Waals surface area contributed by atoms with Crippen LogP contribution in [-0.2, 0) is 6.54 Å². The quantitative estimate of drug-likeness (QED) is 0.879. The van der Waals surface area contributed by atoms with E-state index in [9.17, 15) is 8.78 Å². The third-order valence-corrected chi connectivity index (χ3v) is 2.51. The first-order chi connectivity index (χ1) is 8.29. The fraction of sp³-hybridized carbons (Fsp3) is 0.615. The van der Waals surface area contributed by atoms with E-state index in [4.69, 9.17) is 0 Å².